The standard InChI is InChI=1S/C3H6O.2BrH/c1-3(2)4;;/h1-2H3;2*1H. The van der Waals surface area contributed by atoms with E-state index in [0.717, 1.165) is 0 Å². The van der Waals surface area contributed by atoms with Crippen molar-refractivity contribution in [2.75, 3.05) is 0 Å². The molecule has 0 amide bonds. The molecular weight excluding hydrogens is 212 g/mol. The molecule has 0 saturated heterocycles. The zero-order chi connectivity index (χ0) is 3.58. The monoisotopic (exact) mass is 218 g/mol. The second kappa shape index (κ2) is 9.16. The van der Waals surface area contributed by atoms with Crippen LogP contribution in [0.1, 0.15) is 13.8 Å². The Hall–Kier alpha value is 0.630. The molecule has 0 radical (unpaired) electrons. The Bertz CT molecular complexity index is 31.8. The Kier molecular flexibility index (Phi) is 24.3. The van der Waals surface area contributed by atoms with Crippen LogP contribution in [-0.2, 0) is 4.79 Å². The third kappa shape index (κ3) is 154. The SMILES string of the molecule is Br.Br.CC(C)=O. The molecule has 0 N–H and O–H groups in total. The largest absolute Gasteiger partial charge is 0.300 e. The second-order valence-corrected chi connectivity index (χ2v) is 0.908. The molecule has 0 heterocycles. The number of hydrogen-bond acceptors (Lipinski definition) is 1. The van der Waals surface area contributed by atoms with Crippen LogP contribution < -0.4 is 0 Å². The van der Waals surface area contributed by atoms with Gasteiger partial charge in [0.1, 0.15) is 5.78 Å². The first kappa shape index (κ1) is 15.9. The molecule has 0 aliphatic carbocycles. The zero-order valence-electron chi connectivity index (χ0n) is 3.72. The number of hydrogen-bond donors (Lipinski definition) is 0. The highest BCUT2D eigenvalue weighted by atomic mass is 79.9. The quantitative estimate of drug-likeness (QED) is 0.607. The molecule has 0 spiro atoms. The Morgan fingerprint density at radius 1 is 1.17 bits per heavy atom. The van der Waals surface area contributed by atoms with Crippen LogP contribution in [0.5, 0.6) is 0 Å². The summed E-state index contributed by atoms with van der Waals surface area (Å²) in [5.41, 5.74) is 0. The average Bonchev–Trinajstić information content (AvgIpc) is 0.811. The molecule has 0 fully saturated rings. The van der Waals surface area contributed by atoms with Crippen LogP contribution in [0.15, 0.2) is 0 Å². The molecule has 0 rings (SSSR count). The summed E-state index contributed by atoms with van der Waals surface area (Å²) in [5.74, 6) is 0.167. The Morgan fingerprint density at radius 3 is 1.17 bits per heavy atom. The maximum Gasteiger partial charge on any atom is 0.126 e. The zero-order valence-corrected chi connectivity index (χ0v) is 7.15. The molecule has 6 heavy (non-hydrogen) atoms. The maximum absolute atomic E-state index is 9.44. The summed E-state index contributed by atoms with van der Waals surface area (Å²) in [6, 6.07) is 0. The summed E-state index contributed by atoms with van der Waals surface area (Å²) < 4.78 is 0. The number of carbonyl (C=O) groups is 1. The van der Waals surface area contributed by atoms with Gasteiger partial charge in [-0.3, -0.25) is 0 Å². The van der Waals surface area contributed by atoms with Crippen molar-refractivity contribution in [2.24, 2.45) is 0 Å². The number of ketones is 1. The summed E-state index contributed by atoms with van der Waals surface area (Å²) in [6.07, 6.45) is 0. The summed E-state index contributed by atoms with van der Waals surface area (Å²) in [6.45, 7) is 3.06. The van der Waals surface area contributed by atoms with E-state index in [1.165, 1.54) is 13.8 Å². The molecule has 0 aromatic rings. The van der Waals surface area contributed by atoms with E-state index in [4.69, 9.17) is 0 Å². The maximum atomic E-state index is 9.44. The lowest BCUT2D eigenvalue weighted by Gasteiger charge is -1.56. The molecule has 0 saturated carbocycles. The normalized spacial score (nSPS) is 4.33. The van der Waals surface area contributed by atoms with Gasteiger partial charge in [-0.05, 0) is 13.8 Å². The van der Waals surface area contributed by atoms with E-state index in [0.29, 0.717) is 0 Å². The van der Waals surface area contributed by atoms with Gasteiger partial charge in [-0.2, -0.15) is 0 Å². The summed E-state index contributed by atoms with van der Waals surface area (Å²) in [7, 11) is 0. The highest BCUT2D eigenvalue weighted by Crippen LogP contribution is 1.50. The molecule has 0 aromatic carbocycles. The molecule has 40 valence electrons. The second-order valence-electron chi connectivity index (χ2n) is 0.908. The topological polar surface area (TPSA) is 17.1 Å². The first-order chi connectivity index (χ1) is 1.73. The Labute approximate surface area is 58.7 Å². The first-order valence-corrected chi connectivity index (χ1v) is 1.20. The van der Waals surface area contributed by atoms with Gasteiger partial charge in [0.15, 0.2) is 0 Å². The minimum Gasteiger partial charge on any atom is -0.300 e. The number of carbonyl (C=O) groups excluding carboxylic acids is 1. The molecule has 0 unspecified atom stereocenters. The highest BCUT2D eigenvalue weighted by molar-refractivity contribution is 8.93. The summed E-state index contributed by atoms with van der Waals surface area (Å²) in [4.78, 5) is 9.44. The molecular formula is C3H8Br2O. The molecule has 0 atom stereocenters. The van der Waals surface area contributed by atoms with Crippen molar-refractivity contribution in [1.29, 1.82) is 0 Å². The molecule has 0 aliphatic rings. The molecule has 3 heteroatoms. The lowest BCUT2D eigenvalue weighted by molar-refractivity contribution is -0.114. The van der Waals surface area contributed by atoms with E-state index in [-0.39, 0.29) is 39.7 Å². The fourth-order valence-electron chi connectivity index (χ4n) is 0. The van der Waals surface area contributed by atoms with Crippen molar-refractivity contribution in [3.63, 3.8) is 0 Å². The van der Waals surface area contributed by atoms with Crippen LogP contribution in [0.3, 0.4) is 0 Å². The fraction of sp³-hybridized carbons (Fsp3) is 0.667. The number of halogens is 2. The van der Waals surface area contributed by atoms with Crippen molar-refractivity contribution in [3.8, 4) is 0 Å². The van der Waals surface area contributed by atoms with Crippen LogP contribution in [0, 0.1) is 0 Å². The van der Waals surface area contributed by atoms with E-state index in [2.05, 4.69) is 0 Å². The predicted octanol–water partition coefficient (Wildman–Crippen LogP) is 1.75. The van der Waals surface area contributed by atoms with Gasteiger partial charge < -0.3 is 4.79 Å². The van der Waals surface area contributed by atoms with Gasteiger partial charge in [0.25, 0.3) is 0 Å². The fourth-order valence-corrected chi connectivity index (χ4v) is 0. The third-order valence-electron chi connectivity index (χ3n) is 0. The minimum absolute atomic E-state index is 0. The van der Waals surface area contributed by atoms with Gasteiger partial charge in [0, 0.05) is 0 Å². The third-order valence-corrected chi connectivity index (χ3v) is 0. The van der Waals surface area contributed by atoms with Crippen LogP contribution >= 0.6 is 34.0 Å². The van der Waals surface area contributed by atoms with E-state index < -0.39 is 0 Å². The molecule has 0 bridgehead atoms. The average molecular weight is 220 g/mol. The number of rotatable bonds is 0. The molecule has 0 aromatic heterocycles. The Balaban J connectivity index is -0.0000000450. The van der Waals surface area contributed by atoms with Crippen LogP contribution in [-0.4, -0.2) is 5.78 Å². The first-order valence-electron chi connectivity index (χ1n) is 1.20. The summed E-state index contributed by atoms with van der Waals surface area (Å²) in [5, 5.41) is 0. The van der Waals surface area contributed by atoms with Gasteiger partial charge >= 0.3 is 0 Å². The molecule has 0 aliphatic heterocycles. The van der Waals surface area contributed by atoms with Crippen molar-refractivity contribution < 1.29 is 4.79 Å². The smallest absolute Gasteiger partial charge is 0.126 e. The van der Waals surface area contributed by atoms with Gasteiger partial charge in [-0.25, -0.2) is 0 Å². The Morgan fingerprint density at radius 2 is 1.17 bits per heavy atom. The van der Waals surface area contributed by atoms with Crippen LogP contribution in [0.4, 0.5) is 0 Å². The summed E-state index contributed by atoms with van der Waals surface area (Å²) >= 11 is 0. The van der Waals surface area contributed by atoms with Gasteiger partial charge in [0.05, 0.1) is 0 Å². The van der Waals surface area contributed by atoms with E-state index in [1.54, 1.807) is 0 Å². The predicted molar refractivity (Wildman–Crippen MR) is 37.0 cm³/mol. The van der Waals surface area contributed by atoms with Gasteiger partial charge in [0.2, 0.25) is 0 Å². The van der Waals surface area contributed by atoms with Crippen molar-refractivity contribution in [2.45, 2.75) is 13.8 Å². The molecule has 1 nitrogen and oxygen atoms in total. The lowest BCUT2D eigenvalue weighted by atomic mass is 10.6. The van der Waals surface area contributed by atoms with Crippen LogP contribution in [0.25, 0.3) is 0 Å². The lowest BCUT2D eigenvalue weighted by Crippen LogP contribution is -1.69. The van der Waals surface area contributed by atoms with Crippen molar-refractivity contribution in [3.05, 3.63) is 0 Å². The minimum atomic E-state index is 0. The van der Waals surface area contributed by atoms with Gasteiger partial charge in [-0.1, -0.05) is 0 Å². The van der Waals surface area contributed by atoms with E-state index in [1.807, 2.05) is 0 Å². The highest BCUT2D eigenvalue weighted by Gasteiger charge is 1.62. The van der Waals surface area contributed by atoms with Crippen LogP contribution in [0.2, 0.25) is 0 Å². The van der Waals surface area contributed by atoms with Crippen molar-refractivity contribution >= 4 is 39.7 Å². The van der Waals surface area contributed by atoms with Crippen molar-refractivity contribution in [1.82, 2.24) is 0 Å². The van der Waals surface area contributed by atoms with E-state index >= 15 is 0 Å². The van der Waals surface area contributed by atoms with E-state index in [9.17, 15) is 4.79 Å². The number of Topliss-reactive ketones (excluding diaryl/α,β-unsaturated/α-hetero) is 1. The van der Waals surface area contributed by atoms with Gasteiger partial charge in [-0.15, -0.1) is 34.0 Å².